The molecular formula is C24H29NO6S. The van der Waals surface area contributed by atoms with Crippen LogP contribution in [-0.2, 0) is 19.6 Å². The van der Waals surface area contributed by atoms with Gasteiger partial charge in [0, 0.05) is 11.1 Å². The Hall–Kier alpha value is -2.84. The summed E-state index contributed by atoms with van der Waals surface area (Å²) in [5.74, 6) is -1.08. The minimum atomic E-state index is -3.68. The smallest absolute Gasteiger partial charge is 0.337 e. The predicted molar refractivity (Wildman–Crippen MR) is 124 cm³/mol. The van der Waals surface area contributed by atoms with Crippen molar-refractivity contribution < 1.29 is 27.8 Å². The number of hydrogen-bond donors (Lipinski definition) is 2. The molecule has 0 unspecified atom stereocenters. The van der Waals surface area contributed by atoms with Gasteiger partial charge in [0.05, 0.1) is 23.3 Å². The SMILES string of the molecule is Cc1ccc(-c2c(C)c3c(c(C)c2[C@H](OC(C)(C)C)C(=O)O)NS(=O)(=O)C/C=C\O3)cc1. The third-order valence-corrected chi connectivity index (χ3v) is 6.29. The van der Waals surface area contributed by atoms with E-state index < -0.39 is 27.7 Å². The maximum Gasteiger partial charge on any atom is 0.337 e. The fourth-order valence-corrected chi connectivity index (χ4v) is 4.72. The first-order chi connectivity index (χ1) is 14.8. The normalized spacial score (nSPS) is 17.2. The van der Waals surface area contributed by atoms with Crippen molar-refractivity contribution in [3.8, 4) is 16.9 Å². The van der Waals surface area contributed by atoms with Crippen molar-refractivity contribution in [2.75, 3.05) is 10.5 Å². The summed E-state index contributed by atoms with van der Waals surface area (Å²) < 4.78 is 39.4. The number of nitrogens with one attached hydrogen (secondary N) is 1. The van der Waals surface area contributed by atoms with Gasteiger partial charge in [-0.1, -0.05) is 29.8 Å². The van der Waals surface area contributed by atoms with Crippen LogP contribution in [0.5, 0.6) is 5.75 Å². The van der Waals surface area contributed by atoms with Crippen molar-refractivity contribution in [1.29, 1.82) is 0 Å². The second kappa shape index (κ2) is 8.60. The number of benzene rings is 2. The van der Waals surface area contributed by atoms with E-state index in [-0.39, 0.29) is 11.4 Å². The molecule has 2 aromatic rings. The van der Waals surface area contributed by atoms with Crippen LogP contribution in [0.15, 0.2) is 36.6 Å². The molecule has 0 spiro atoms. The lowest BCUT2D eigenvalue weighted by atomic mass is 9.86. The maximum atomic E-state index is 12.5. The quantitative estimate of drug-likeness (QED) is 0.676. The maximum absolute atomic E-state index is 12.5. The summed E-state index contributed by atoms with van der Waals surface area (Å²) in [6, 6.07) is 7.70. The van der Waals surface area contributed by atoms with Gasteiger partial charge in [0.2, 0.25) is 10.0 Å². The van der Waals surface area contributed by atoms with Gasteiger partial charge in [0.25, 0.3) is 0 Å². The minimum Gasteiger partial charge on any atom is -0.479 e. The van der Waals surface area contributed by atoms with Gasteiger partial charge in [-0.3, -0.25) is 4.72 Å². The highest BCUT2D eigenvalue weighted by molar-refractivity contribution is 7.92. The lowest BCUT2D eigenvalue weighted by Crippen LogP contribution is -2.29. The number of aliphatic carboxylic acids is 1. The molecule has 8 heteroatoms. The number of carbonyl (C=O) groups is 1. The number of carboxylic acid groups (broad SMARTS) is 1. The van der Waals surface area contributed by atoms with Crippen molar-refractivity contribution in [3.63, 3.8) is 0 Å². The fraction of sp³-hybridized carbons (Fsp3) is 0.375. The molecule has 1 atom stereocenters. The van der Waals surface area contributed by atoms with E-state index in [0.717, 1.165) is 11.1 Å². The number of ether oxygens (including phenoxy) is 2. The van der Waals surface area contributed by atoms with Crippen molar-refractivity contribution in [2.24, 2.45) is 0 Å². The van der Waals surface area contributed by atoms with E-state index in [2.05, 4.69) is 4.72 Å². The Morgan fingerprint density at radius 3 is 2.31 bits per heavy atom. The lowest BCUT2D eigenvalue weighted by molar-refractivity contribution is -0.160. The molecule has 0 amide bonds. The second-order valence-electron chi connectivity index (χ2n) is 8.93. The number of sulfonamides is 1. The van der Waals surface area contributed by atoms with Crippen LogP contribution in [-0.4, -0.2) is 30.8 Å². The van der Waals surface area contributed by atoms with E-state index in [1.807, 2.05) is 31.2 Å². The highest BCUT2D eigenvalue weighted by Crippen LogP contribution is 2.47. The van der Waals surface area contributed by atoms with Gasteiger partial charge < -0.3 is 14.6 Å². The van der Waals surface area contributed by atoms with Crippen LogP contribution in [0, 0.1) is 20.8 Å². The lowest BCUT2D eigenvalue weighted by Gasteiger charge is -2.31. The molecule has 0 radical (unpaired) electrons. The summed E-state index contributed by atoms with van der Waals surface area (Å²) in [6.45, 7) is 10.8. The Bertz CT molecular complexity index is 1170. The van der Waals surface area contributed by atoms with Gasteiger partial charge >= 0.3 is 5.97 Å². The highest BCUT2D eigenvalue weighted by Gasteiger charge is 2.35. The molecule has 32 heavy (non-hydrogen) atoms. The first kappa shape index (κ1) is 23.8. The van der Waals surface area contributed by atoms with E-state index in [4.69, 9.17) is 9.47 Å². The molecule has 0 aromatic heterocycles. The van der Waals surface area contributed by atoms with Crippen LogP contribution in [0.1, 0.15) is 49.1 Å². The number of rotatable bonds is 4. The summed E-state index contributed by atoms with van der Waals surface area (Å²) in [5.41, 5.74) is 3.41. The number of carboxylic acids is 1. The Kier molecular flexibility index (Phi) is 6.40. The second-order valence-corrected chi connectivity index (χ2v) is 10.7. The first-order valence-electron chi connectivity index (χ1n) is 10.3. The van der Waals surface area contributed by atoms with Crippen molar-refractivity contribution in [2.45, 2.75) is 53.2 Å². The van der Waals surface area contributed by atoms with E-state index in [9.17, 15) is 18.3 Å². The monoisotopic (exact) mass is 459 g/mol. The van der Waals surface area contributed by atoms with Gasteiger partial charge in [0.1, 0.15) is 0 Å². The largest absolute Gasteiger partial charge is 0.479 e. The molecule has 7 nitrogen and oxygen atoms in total. The minimum absolute atomic E-state index is 0.224. The predicted octanol–water partition coefficient (Wildman–Crippen LogP) is 4.87. The summed E-state index contributed by atoms with van der Waals surface area (Å²) in [5, 5.41) is 10.1. The molecule has 2 N–H and O–H groups in total. The van der Waals surface area contributed by atoms with Crippen LogP contribution in [0.25, 0.3) is 11.1 Å². The Labute approximate surface area is 189 Å². The fourth-order valence-electron chi connectivity index (χ4n) is 3.75. The molecule has 172 valence electrons. The van der Waals surface area contributed by atoms with Crippen LogP contribution in [0.3, 0.4) is 0 Å². The average molecular weight is 460 g/mol. The summed E-state index contributed by atoms with van der Waals surface area (Å²) >= 11 is 0. The van der Waals surface area contributed by atoms with E-state index in [1.54, 1.807) is 34.6 Å². The summed E-state index contributed by atoms with van der Waals surface area (Å²) in [6.07, 6.45) is 1.45. The third kappa shape index (κ3) is 4.97. The van der Waals surface area contributed by atoms with Crippen molar-refractivity contribution in [1.82, 2.24) is 0 Å². The van der Waals surface area contributed by atoms with Gasteiger partial charge in [-0.2, -0.15) is 0 Å². The molecule has 1 aliphatic rings. The zero-order valence-electron chi connectivity index (χ0n) is 19.1. The standard InChI is InChI=1S/C24H29NO6S/c1-14-8-10-17(11-9-14)18-16(3)21-20(25-32(28,29)13-7-12-30-21)15(2)19(18)22(23(26)27)31-24(4,5)6/h7-12,22,25H,13H2,1-6H3,(H,26,27)/b12-7-/t22-/m0/s1. The van der Waals surface area contributed by atoms with E-state index in [0.29, 0.717) is 28.0 Å². The van der Waals surface area contributed by atoms with Gasteiger partial charge in [-0.25, -0.2) is 13.2 Å². The molecule has 2 aromatic carbocycles. The van der Waals surface area contributed by atoms with Crippen LogP contribution in [0.4, 0.5) is 5.69 Å². The summed E-state index contributed by atoms with van der Waals surface area (Å²) in [4.78, 5) is 12.4. The van der Waals surface area contributed by atoms with Gasteiger partial charge in [-0.15, -0.1) is 0 Å². The Morgan fingerprint density at radius 2 is 1.75 bits per heavy atom. The van der Waals surface area contributed by atoms with Crippen LogP contribution in [0.2, 0.25) is 0 Å². The molecule has 1 aliphatic heterocycles. The van der Waals surface area contributed by atoms with Gasteiger partial charge in [-0.05, 0) is 64.3 Å². The Morgan fingerprint density at radius 1 is 1.12 bits per heavy atom. The molecule has 3 rings (SSSR count). The number of fused-ring (bicyclic) bond motifs is 1. The zero-order valence-corrected chi connectivity index (χ0v) is 20.0. The first-order valence-corrected chi connectivity index (χ1v) is 11.9. The highest BCUT2D eigenvalue weighted by atomic mass is 32.2. The molecule has 0 saturated carbocycles. The number of aryl methyl sites for hydroxylation is 1. The molecule has 0 saturated heterocycles. The molecule has 0 aliphatic carbocycles. The average Bonchev–Trinajstić information content (AvgIpc) is 2.66. The summed E-state index contributed by atoms with van der Waals surface area (Å²) in [7, 11) is -3.68. The third-order valence-electron chi connectivity index (χ3n) is 5.14. The van der Waals surface area contributed by atoms with Crippen LogP contribution >= 0.6 is 0 Å². The molecule has 0 fully saturated rings. The molecule has 0 bridgehead atoms. The number of hydrogen-bond acceptors (Lipinski definition) is 5. The van der Waals surface area contributed by atoms with Gasteiger partial charge in [0.15, 0.2) is 11.9 Å². The molecule has 1 heterocycles. The van der Waals surface area contributed by atoms with E-state index >= 15 is 0 Å². The molecular weight excluding hydrogens is 430 g/mol. The Balaban J connectivity index is 2.43. The van der Waals surface area contributed by atoms with E-state index in [1.165, 1.54) is 12.3 Å². The van der Waals surface area contributed by atoms with Crippen molar-refractivity contribution >= 4 is 21.7 Å². The van der Waals surface area contributed by atoms with Crippen molar-refractivity contribution in [3.05, 3.63) is 58.9 Å². The van der Waals surface area contributed by atoms with Crippen LogP contribution < -0.4 is 9.46 Å². The number of anilines is 1. The topological polar surface area (TPSA) is 102 Å². The zero-order chi connectivity index (χ0) is 23.8.